The van der Waals surface area contributed by atoms with E-state index in [2.05, 4.69) is 30.8 Å². The Balaban J connectivity index is 1.72. The van der Waals surface area contributed by atoms with Crippen LogP contribution in [-0.2, 0) is 34.2 Å². The van der Waals surface area contributed by atoms with Crippen molar-refractivity contribution in [1.29, 1.82) is 0 Å². The van der Waals surface area contributed by atoms with E-state index in [1.165, 1.54) is 22.8 Å². The summed E-state index contributed by atoms with van der Waals surface area (Å²) in [6.45, 7) is 5.18. The van der Waals surface area contributed by atoms with Gasteiger partial charge in [0.2, 0.25) is 11.1 Å². The number of imidazole rings is 1. The van der Waals surface area contributed by atoms with E-state index in [1.807, 2.05) is 30.3 Å². The van der Waals surface area contributed by atoms with Crippen LogP contribution in [-0.4, -0.2) is 93.7 Å². The van der Waals surface area contributed by atoms with Crippen molar-refractivity contribution in [3.8, 4) is 0 Å². The third-order valence-corrected chi connectivity index (χ3v) is 9.21. The molecule has 2 unspecified atom stereocenters. The molecule has 0 bridgehead atoms. The van der Waals surface area contributed by atoms with Gasteiger partial charge in [0.1, 0.15) is 11.6 Å². The lowest BCUT2D eigenvalue weighted by atomic mass is 9.83. The number of aliphatic hydroxyl groups is 1. The first-order valence-electron chi connectivity index (χ1n) is 16.1. The Morgan fingerprint density at radius 1 is 1.15 bits per heavy atom. The maximum atomic E-state index is 14.8. The molecule has 2 aromatic heterocycles. The molecule has 15 heteroatoms. The molecule has 14 nitrogen and oxygen atoms in total. The van der Waals surface area contributed by atoms with E-state index in [-0.39, 0.29) is 24.5 Å². The summed E-state index contributed by atoms with van der Waals surface area (Å²) in [7, 11) is 1.69. The van der Waals surface area contributed by atoms with Gasteiger partial charge in [0.25, 0.3) is 5.91 Å². The molecule has 3 amide bonds. The van der Waals surface area contributed by atoms with Gasteiger partial charge < -0.3 is 25.9 Å². The summed E-state index contributed by atoms with van der Waals surface area (Å²) >= 11 is 1.23. The van der Waals surface area contributed by atoms with Gasteiger partial charge in [-0.3, -0.25) is 14.5 Å². The zero-order valence-corrected chi connectivity index (χ0v) is 28.4. The minimum Gasteiger partial charge on any atom is -0.444 e. The number of rotatable bonds is 14. The van der Waals surface area contributed by atoms with Crippen molar-refractivity contribution < 1.29 is 24.2 Å². The number of nitrogens with one attached hydrogen (secondary N) is 2. The summed E-state index contributed by atoms with van der Waals surface area (Å²) in [5, 5.41) is 26.6. The van der Waals surface area contributed by atoms with Gasteiger partial charge in [-0.15, -0.1) is 5.10 Å². The van der Waals surface area contributed by atoms with Crippen molar-refractivity contribution in [2.45, 2.75) is 107 Å². The fourth-order valence-corrected chi connectivity index (χ4v) is 6.68. The molecule has 1 aliphatic rings. The van der Waals surface area contributed by atoms with Gasteiger partial charge in [-0.25, -0.2) is 14.5 Å². The fraction of sp³-hybridized carbons (Fsp3) is 0.594. The number of aromatic nitrogens is 6. The summed E-state index contributed by atoms with van der Waals surface area (Å²) in [5.74, 6) is -1.03. The molecule has 3 aromatic rings. The molecule has 1 saturated carbocycles. The molecule has 0 spiro atoms. The number of hydrogen-bond donors (Lipinski definition) is 4. The number of aryl methyl sites for hydroxylation is 1. The molecular formula is C32H47N9O5S. The number of nitrogens with two attached hydrogens (primary N) is 1. The van der Waals surface area contributed by atoms with Crippen LogP contribution < -0.4 is 11.1 Å². The zero-order valence-electron chi connectivity index (χ0n) is 27.5. The van der Waals surface area contributed by atoms with Crippen molar-refractivity contribution in [3.63, 3.8) is 0 Å². The number of alkyl carbamates (subject to hydrolysis) is 1. The van der Waals surface area contributed by atoms with Crippen LogP contribution in [0.2, 0.25) is 0 Å². The van der Waals surface area contributed by atoms with Crippen molar-refractivity contribution in [2.24, 2.45) is 18.7 Å². The molecule has 0 saturated heterocycles. The molecule has 256 valence electrons. The number of nitrogens with zero attached hydrogens (tertiary/aromatic N) is 6. The van der Waals surface area contributed by atoms with Crippen molar-refractivity contribution >= 4 is 29.7 Å². The smallest absolute Gasteiger partial charge is 0.408 e. The van der Waals surface area contributed by atoms with Gasteiger partial charge in [-0.05, 0) is 49.1 Å². The van der Waals surface area contributed by atoms with Crippen molar-refractivity contribution in [2.75, 3.05) is 5.75 Å². The maximum Gasteiger partial charge on any atom is 0.408 e. The Labute approximate surface area is 279 Å². The van der Waals surface area contributed by atoms with Crippen LogP contribution in [0.3, 0.4) is 0 Å². The van der Waals surface area contributed by atoms with Gasteiger partial charge in [-0.2, -0.15) is 0 Å². The number of amides is 3. The maximum absolute atomic E-state index is 14.8. The number of aliphatic hydroxyl groups excluding tert-OH is 1. The lowest BCUT2D eigenvalue weighted by Gasteiger charge is -2.39. The molecule has 1 aliphatic carbocycles. The van der Waals surface area contributed by atoms with Crippen LogP contribution in [0.25, 0.3) is 0 Å². The lowest BCUT2D eigenvalue weighted by molar-refractivity contribution is -0.153. The number of carbonyl (C=O) groups excluding carboxylic acids is 3. The second-order valence-electron chi connectivity index (χ2n) is 13.1. The average molecular weight is 670 g/mol. The topological polar surface area (TPSA) is 194 Å². The predicted molar refractivity (Wildman–Crippen MR) is 176 cm³/mol. The zero-order chi connectivity index (χ0) is 34.0. The van der Waals surface area contributed by atoms with Crippen molar-refractivity contribution in [1.82, 2.24) is 40.4 Å². The Hall–Kier alpha value is -3.82. The second kappa shape index (κ2) is 16.8. The summed E-state index contributed by atoms with van der Waals surface area (Å²) in [6.07, 6.45) is 6.71. The molecule has 47 heavy (non-hydrogen) atoms. The molecule has 2 heterocycles. The van der Waals surface area contributed by atoms with Crippen LogP contribution in [0.15, 0.2) is 48.0 Å². The standard InChI is InChI=1S/C32H47N9O5S/c1-32(2,3)46-31(45)36-25(15-21-11-7-5-8-12-21)29(44)41(28(43)24(33)17-23-18-34-20-35-23)26(16-22-13-9-6-10-14-22)27(42)19-47-30-37-38-39-40(30)4/h5,7-8,11-12,18,20,22,24-27,42H,6,9-10,13-17,19,33H2,1-4H3,(H,34,35)(H,36,45)/t24-,25-,26?,27?/m0/s1. The van der Waals surface area contributed by atoms with E-state index in [4.69, 9.17) is 10.5 Å². The van der Waals surface area contributed by atoms with Gasteiger partial charge in [0.05, 0.1) is 24.5 Å². The highest BCUT2D eigenvalue weighted by Gasteiger charge is 2.42. The SMILES string of the molecule is Cn1nnnc1SCC(O)C(CC1CCCCC1)N(C(=O)[C@H](Cc1ccccc1)NC(=O)OC(C)(C)C)C(=O)[C@@H](N)Cc1cnc[nH]1. The number of ether oxygens (including phenoxy) is 1. The highest BCUT2D eigenvalue weighted by molar-refractivity contribution is 7.99. The van der Waals surface area contributed by atoms with Crippen LogP contribution in [0, 0.1) is 5.92 Å². The first kappa shape index (κ1) is 36.0. The minimum absolute atomic E-state index is 0.0874. The second-order valence-corrected chi connectivity index (χ2v) is 14.1. The van der Waals surface area contributed by atoms with Crippen LogP contribution >= 0.6 is 11.8 Å². The monoisotopic (exact) mass is 669 g/mol. The quantitative estimate of drug-likeness (QED) is 0.184. The van der Waals surface area contributed by atoms with Gasteiger partial charge in [0.15, 0.2) is 0 Å². The molecular weight excluding hydrogens is 622 g/mol. The highest BCUT2D eigenvalue weighted by Crippen LogP contribution is 2.31. The molecule has 0 radical (unpaired) electrons. The Morgan fingerprint density at radius 3 is 2.49 bits per heavy atom. The van der Waals surface area contributed by atoms with E-state index < -0.39 is 47.7 Å². The molecule has 4 atom stereocenters. The summed E-state index contributed by atoms with van der Waals surface area (Å²) in [5.41, 5.74) is 7.08. The largest absolute Gasteiger partial charge is 0.444 e. The number of H-pyrrole nitrogens is 1. The third-order valence-electron chi connectivity index (χ3n) is 8.10. The van der Waals surface area contributed by atoms with E-state index in [1.54, 1.807) is 34.0 Å². The predicted octanol–water partition coefficient (Wildman–Crippen LogP) is 2.79. The Morgan fingerprint density at radius 2 is 1.87 bits per heavy atom. The Bertz CT molecular complexity index is 1420. The highest BCUT2D eigenvalue weighted by atomic mass is 32.2. The third kappa shape index (κ3) is 10.9. The number of imide groups is 1. The van der Waals surface area contributed by atoms with Crippen molar-refractivity contribution in [3.05, 3.63) is 54.1 Å². The first-order chi connectivity index (χ1) is 22.4. The van der Waals surface area contributed by atoms with Gasteiger partial charge in [0, 0.05) is 37.5 Å². The number of carbonyl (C=O) groups is 3. The molecule has 1 fully saturated rings. The summed E-state index contributed by atoms with van der Waals surface area (Å²) in [6, 6.07) is 5.96. The lowest BCUT2D eigenvalue weighted by Crippen LogP contribution is -2.61. The molecule has 0 aliphatic heterocycles. The normalized spacial score (nSPS) is 16.6. The van der Waals surface area contributed by atoms with Crippen LogP contribution in [0.1, 0.15) is 70.6 Å². The number of thioether (sulfide) groups is 1. The molecule has 1 aromatic carbocycles. The number of hydrogen-bond acceptors (Lipinski definition) is 11. The van der Waals surface area contributed by atoms with Crippen LogP contribution in [0.4, 0.5) is 4.79 Å². The molecule has 5 N–H and O–H groups in total. The first-order valence-corrected chi connectivity index (χ1v) is 17.1. The number of tetrazole rings is 1. The summed E-state index contributed by atoms with van der Waals surface area (Å²) < 4.78 is 7.01. The number of aromatic amines is 1. The van der Waals surface area contributed by atoms with E-state index in [9.17, 15) is 19.5 Å². The van der Waals surface area contributed by atoms with Gasteiger partial charge in [-0.1, -0.05) is 74.2 Å². The van der Waals surface area contributed by atoms with E-state index in [0.717, 1.165) is 42.6 Å². The van der Waals surface area contributed by atoms with E-state index >= 15 is 0 Å². The fourth-order valence-electron chi connectivity index (χ4n) is 5.82. The minimum atomic E-state index is -1.19. The summed E-state index contributed by atoms with van der Waals surface area (Å²) in [4.78, 5) is 50.4. The number of benzene rings is 1. The van der Waals surface area contributed by atoms with Gasteiger partial charge >= 0.3 is 6.09 Å². The average Bonchev–Trinajstić information content (AvgIpc) is 3.70. The van der Waals surface area contributed by atoms with E-state index in [0.29, 0.717) is 17.3 Å². The molecule has 4 rings (SSSR count). The van der Waals surface area contributed by atoms with Crippen LogP contribution in [0.5, 0.6) is 0 Å². The Kier molecular flexibility index (Phi) is 12.9.